The van der Waals surface area contributed by atoms with E-state index in [1.54, 1.807) is 18.1 Å². The van der Waals surface area contributed by atoms with Gasteiger partial charge in [0.25, 0.3) is 0 Å². The van der Waals surface area contributed by atoms with Crippen LogP contribution >= 0.6 is 11.8 Å². The molecular weight excluding hydrogens is 432 g/mol. The fourth-order valence-electron chi connectivity index (χ4n) is 4.17. The Morgan fingerprint density at radius 3 is 2.85 bits per heavy atom. The number of nitrogens with one attached hydrogen (secondary N) is 3. The second kappa shape index (κ2) is 9.95. The van der Waals surface area contributed by atoms with E-state index >= 15 is 0 Å². The average Bonchev–Trinajstić information content (AvgIpc) is 3.33. The van der Waals surface area contributed by atoms with Crippen molar-refractivity contribution in [2.75, 3.05) is 29.9 Å². The molecule has 1 aliphatic heterocycles. The molecule has 0 aliphatic carbocycles. The van der Waals surface area contributed by atoms with E-state index < -0.39 is 0 Å². The summed E-state index contributed by atoms with van der Waals surface area (Å²) in [6.45, 7) is 1.90. The maximum atomic E-state index is 12.7. The highest BCUT2D eigenvalue weighted by molar-refractivity contribution is 7.99. The van der Waals surface area contributed by atoms with Gasteiger partial charge in [0.05, 0.1) is 11.9 Å². The van der Waals surface area contributed by atoms with Gasteiger partial charge >= 0.3 is 0 Å². The number of H-pyrrole nitrogens is 1. The van der Waals surface area contributed by atoms with E-state index in [4.69, 9.17) is 0 Å². The van der Waals surface area contributed by atoms with Crippen molar-refractivity contribution >= 4 is 40.2 Å². The lowest BCUT2D eigenvalue weighted by Crippen LogP contribution is -2.49. The standard InChI is InChI=1S/C25H26N6OS/c32-23(15-27-21-10-4-5-11-22(21)33-19-8-2-1-3-9-19)30-18-7-6-14-31(16-18)25-20-12-13-26-24(20)28-17-29-25/h1-5,8-13,17-18,27H,6-7,14-16H2,(H,30,32)(H,26,28,29)/t18-/m1/s1. The van der Waals surface area contributed by atoms with Gasteiger partial charge in [0.2, 0.25) is 5.91 Å². The SMILES string of the molecule is O=C(CNc1ccccc1Sc1ccccc1)N[C@@H]1CCCN(c2ncnc3[nH]ccc23)C1. The molecule has 1 aliphatic rings. The zero-order valence-electron chi connectivity index (χ0n) is 18.2. The molecule has 2 aromatic heterocycles. The summed E-state index contributed by atoms with van der Waals surface area (Å²) in [5.41, 5.74) is 1.80. The molecule has 0 unspecified atom stereocenters. The summed E-state index contributed by atoms with van der Waals surface area (Å²) in [5.74, 6) is 0.918. The van der Waals surface area contributed by atoms with Crippen LogP contribution in [-0.2, 0) is 4.79 Å². The molecule has 1 amide bonds. The van der Waals surface area contributed by atoms with Gasteiger partial charge in [0, 0.05) is 40.8 Å². The summed E-state index contributed by atoms with van der Waals surface area (Å²) in [5, 5.41) is 7.53. The molecule has 3 heterocycles. The maximum Gasteiger partial charge on any atom is 0.239 e. The van der Waals surface area contributed by atoms with Crippen molar-refractivity contribution in [3.63, 3.8) is 0 Å². The van der Waals surface area contributed by atoms with Gasteiger partial charge in [0.15, 0.2) is 0 Å². The molecule has 0 bridgehead atoms. The maximum absolute atomic E-state index is 12.7. The fraction of sp³-hybridized carbons (Fsp3) is 0.240. The normalized spacial score (nSPS) is 16.0. The molecular formula is C25H26N6OS. The second-order valence-electron chi connectivity index (χ2n) is 8.05. The van der Waals surface area contributed by atoms with Crippen molar-refractivity contribution in [2.24, 2.45) is 0 Å². The van der Waals surface area contributed by atoms with Gasteiger partial charge in [-0.05, 0) is 43.2 Å². The number of carbonyl (C=O) groups excluding carboxylic acids is 1. The Labute approximate surface area is 197 Å². The lowest BCUT2D eigenvalue weighted by molar-refractivity contribution is -0.120. The van der Waals surface area contributed by atoms with E-state index in [9.17, 15) is 4.79 Å². The molecule has 0 radical (unpaired) electrons. The average molecular weight is 459 g/mol. The van der Waals surface area contributed by atoms with Crippen LogP contribution in [0.2, 0.25) is 0 Å². The van der Waals surface area contributed by atoms with Crippen LogP contribution < -0.4 is 15.5 Å². The minimum absolute atomic E-state index is 0.00385. The first kappa shape index (κ1) is 21.3. The zero-order chi connectivity index (χ0) is 22.5. The van der Waals surface area contributed by atoms with Gasteiger partial charge in [-0.3, -0.25) is 4.79 Å². The van der Waals surface area contributed by atoms with Crippen molar-refractivity contribution in [2.45, 2.75) is 28.7 Å². The van der Waals surface area contributed by atoms with Crippen molar-refractivity contribution < 1.29 is 4.79 Å². The number of fused-ring (bicyclic) bond motifs is 1. The van der Waals surface area contributed by atoms with Gasteiger partial charge in [-0.1, -0.05) is 42.1 Å². The van der Waals surface area contributed by atoms with Crippen LogP contribution in [0.3, 0.4) is 0 Å². The summed E-state index contributed by atoms with van der Waals surface area (Å²) in [7, 11) is 0. The molecule has 2 aromatic carbocycles. The lowest BCUT2D eigenvalue weighted by atomic mass is 10.1. The number of hydrogen-bond donors (Lipinski definition) is 3. The Hall–Kier alpha value is -3.52. The summed E-state index contributed by atoms with van der Waals surface area (Å²) in [4.78, 5) is 29.2. The van der Waals surface area contributed by atoms with Crippen molar-refractivity contribution in [3.05, 3.63) is 73.2 Å². The number of rotatable bonds is 7. The van der Waals surface area contributed by atoms with E-state index in [0.717, 1.165) is 53.4 Å². The monoisotopic (exact) mass is 458 g/mol. The van der Waals surface area contributed by atoms with Crippen LogP contribution in [0, 0.1) is 0 Å². The molecule has 1 saturated heterocycles. The number of benzene rings is 2. The smallest absolute Gasteiger partial charge is 0.239 e. The number of hydrogen-bond acceptors (Lipinski definition) is 6. The van der Waals surface area contributed by atoms with Gasteiger partial charge in [-0.25, -0.2) is 9.97 Å². The third-order valence-electron chi connectivity index (χ3n) is 5.72. The molecule has 4 aromatic rings. The number of anilines is 2. The van der Waals surface area contributed by atoms with Crippen molar-refractivity contribution in [3.8, 4) is 0 Å². The Balaban J connectivity index is 1.18. The van der Waals surface area contributed by atoms with Gasteiger partial charge in [-0.15, -0.1) is 0 Å². The van der Waals surface area contributed by atoms with Gasteiger partial charge in [0.1, 0.15) is 17.8 Å². The minimum Gasteiger partial charge on any atom is -0.375 e. The quantitative estimate of drug-likeness (QED) is 0.383. The Morgan fingerprint density at radius 1 is 1.09 bits per heavy atom. The zero-order valence-corrected chi connectivity index (χ0v) is 19.0. The van der Waals surface area contributed by atoms with Crippen LogP contribution in [0.1, 0.15) is 12.8 Å². The number of aromatic amines is 1. The van der Waals surface area contributed by atoms with Crippen molar-refractivity contribution in [1.29, 1.82) is 0 Å². The predicted molar refractivity (Wildman–Crippen MR) is 133 cm³/mol. The first-order chi connectivity index (χ1) is 16.3. The Kier molecular flexibility index (Phi) is 6.44. The molecule has 0 spiro atoms. The second-order valence-corrected chi connectivity index (χ2v) is 9.17. The minimum atomic E-state index is -0.00385. The number of nitrogens with zero attached hydrogens (tertiary/aromatic N) is 3. The highest BCUT2D eigenvalue weighted by Gasteiger charge is 2.24. The van der Waals surface area contributed by atoms with E-state index in [0.29, 0.717) is 0 Å². The van der Waals surface area contributed by atoms with Crippen LogP contribution in [0.5, 0.6) is 0 Å². The lowest BCUT2D eigenvalue weighted by Gasteiger charge is -2.34. The number of para-hydroxylation sites is 1. The molecule has 1 fully saturated rings. The van der Waals surface area contributed by atoms with Crippen molar-refractivity contribution in [1.82, 2.24) is 20.3 Å². The number of carbonyl (C=O) groups is 1. The first-order valence-electron chi connectivity index (χ1n) is 11.1. The molecule has 5 rings (SSSR count). The van der Waals surface area contributed by atoms with Crippen LogP contribution in [-0.4, -0.2) is 46.5 Å². The fourth-order valence-corrected chi connectivity index (χ4v) is 5.11. The van der Waals surface area contributed by atoms with E-state index in [2.05, 4.69) is 48.7 Å². The topological polar surface area (TPSA) is 85.9 Å². The van der Waals surface area contributed by atoms with Gasteiger partial charge in [-0.2, -0.15) is 0 Å². The van der Waals surface area contributed by atoms with E-state index in [1.165, 1.54) is 4.90 Å². The summed E-state index contributed by atoms with van der Waals surface area (Å²) >= 11 is 1.69. The van der Waals surface area contributed by atoms with Gasteiger partial charge < -0.3 is 20.5 Å². The van der Waals surface area contributed by atoms with Crippen LogP contribution in [0.15, 0.2) is 83.0 Å². The first-order valence-corrected chi connectivity index (χ1v) is 12.0. The van der Waals surface area contributed by atoms with E-state index in [-0.39, 0.29) is 18.5 Å². The molecule has 7 nitrogen and oxygen atoms in total. The number of piperidine rings is 1. The largest absolute Gasteiger partial charge is 0.375 e. The third-order valence-corrected chi connectivity index (χ3v) is 6.80. The molecule has 1 atom stereocenters. The molecule has 8 heteroatoms. The molecule has 3 N–H and O–H groups in total. The molecule has 33 heavy (non-hydrogen) atoms. The number of amides is 1. The Morgan fingerprint density at radius 2 is 1.94 bits per heavy atom. The summed E-state index contributed by atoms with van der Waals surface area (Å²) in [6.07, 6.45) is 5.44. The Bertz CT molecular complexity index is 1230. The summed E-state index contributed by atoms with van der Waals surface area (Å²) in [6, 6.07) is 20.4. The third kappa shape index (κ3) is 5.12. The summed E-state index contributed by atoms with van der Waals surface area (Å²) < 4.78 is 0. The number of aromatic nitrogens is 3. The molecule has 168 valence electrons. The van der Waals surface area contributed by atoms with Crippen LogP contribution in [0.25, 0.3) is 11.0 Å². The highest BCUT2D eigenvalue weighted by atomic mass is 32.2. The predicted octanol–water partition coefficient (Wildman–Crippen LogP) is 4.31. The van der Waals surface area contributed by atoms with Crippen LogP contribution in [0.4, 0.5) is 11.5 Å². The highest BCUT2D eigenvalue weighted by Crippen LogP contribution is 2.33. The molecule has 0 saturated carbocycles. The van der Waals surface area contributed by atoms with E-state index in [1.807, 2.05) is 48.7 Å².